The summed E-state index contributed by atoms with van der Waals surface area (Å²) in [5.41, 5.74) is 7.41. The fourth-order valence-corrected chi connectivity index (χ4v) is 4.37. The zero-order chi connectivity index (χ0) is 15.3. The van der Waals surface area contributed by atoms with Crippen molar-refractivity contribution in [3.63, 3.8) is 0 Å². The van der Waals surface area contributed by atoms with Gasteiger partial charge in [0.25, 0.3) is 0 Å². The lowest BCUT2D eigenvalue weighted by Crippen LogP contribution is -2.53. The second-order valence-electron chi connectivity index (χ2n) is 7.09. The fraction of sp³-hybridized carbons (Fsp3) is 0.611. The minimum Gasteiger partial charge on any atom is -0.493 e. The summed E-state index contributed by atoms with van der Waals surface area (Å²) < 4.78 is 5.77. The molecule has 0 aromatic heterocycles. The van der Waals surface area contributed by atoms with Gasteiger partial charge in [0.1, 0.15) is 5.75 Å². The molecular weight excluding hydrogens is 276 g/mol. The van der Waals surface area contributed by atoms with Gasteiger partial charge in [0.2, 0.25) is 5.91 Å². The average Bonchev–Trinajstić information content (AvgIpc) is 3.25. The van der Waals surface area contributed by atoms with Gasteiger partial charge < -0.3 is 15.4 Å². The molecule has 0 radical (unpaired) electrons. The van der Waals surface area contributed by atoms with Crippen LogP contribution in [0.1, 0.15) is 38.2 Å². The van der Waals surface area contributed by atoms with E-state index in [0.717, 1.165) is 44.6 Å². The van der Waals surface area contributed by atoms with Gasteiger partial charge in [-0.3, -0.25) is 4.79 Å². The predicted octanol–water partition coefficient (Wildman–Crippen LogP) is 2.06. The number of piperidine rings is 1. The number of para-hydroxylation sites is 1. The van der Waals surface area contributed by atoms with Crippen LogP contribution in [0.5, 0.6) is 5.75 Å². The molecule has 1 saturated carbocycles. The second-order valence-corrected chi connectivity index (χ2v) is 7.09. The summed E-state index contributed by atoms with van der Waals surface area (Å²) in [7, 11) is 0. The van der Waals surface area contributed by atoms with Crippen molar-refractivity contribution in [3.05, 3.63) is 29.8 Å². The number of hydrogen-bond donors (Lipinski definition) is 1. The summed E-state index contributed by atoms with van der Waals surface area (Å²) in [4.78, 5) is 15.1. The number of benzene rings is 1. The van der Waals surface area contributed by atoms with Crippen LogP contribution < -0.4 is 10.5 Å². The lowest BCUT2D eigenvalue weighted by molar-refractivity contribution is -0.136. The SMILES string of the molecule is C[C@@H]1[C@H](N)CCCN1C(=O)[C@@H]1C[C@]12CCOc1ccccc12. The minimum atomic E-state index is 0.0210. The summed E-state index contributed by atoms with van der Waals surface area (Å²) in [5.74, 6) is 1.39. The van der Waals surface area contributed by atoms with Gasteiger partial charge in [-0.05, 0) is 38.7 Å². The minimum absolute atomic E-state index is 0.0210. The fourth-order valence-electron chi connectivity index (χ4n) is 4.37. The average molecular weight is 300 g/mol. The summed E-state index contributed by atoms with van der Waals surface area (Å²) in [6.07, 6.45) is 3.97. The molecule has 22 heavy (non-hydrogen) atoms. The van der Waals surface area contributed by atoms with E-state index >= 15 is 0 Å². The van der Waals surface area contributed by atoms with Crippen LogP contribution in [0.4, 0.5) is 0 Å². The smallest absolute Gasteiger partial charge is 0.226 e. The Morgan fingerprint density at radius 3 is 3.09 bits per heavy atom. The number of likely N-dealkylation sites (tertiary alicyclic amines) is 1. The maximum absolute atomic E-state index is 13.0. The van der Waals surface area contributed by atoms with Gasteiger partial charge >= 0.3 is 0 Å². The van der Waals surface area contributed by atoms with Gasteiger partial charge in [-0.25, -0.2) is 0 Å². The Hall–Kier alpha value is -1.55. The number of carbonyl (C=O) groups is 1. The highest BCUT2D eigenvalue weighted by molar-refractivity contribution is 5.85. The van der Waals surface area contributed by atoms with Crippen LogP contribution in [0, 0.1) is 5.92 Å². The van der Waals surface area contributed by atoms with Crippen LogP contribution in [0.3, 0.4) is 0 Å². The molecule has 1 aromatic rings. The molecule has 3 aliphatic rings. The number of fused-ring (bicyclic) bond motifs is 2. The van der Waals surface area contributed by atoms with E-state index in [1.807, 2.05) is 17.0 Å². The van der Waals surface area contributed by atoms with Crippen LogP contribution in [0.2, 0.25) is 0 Å². The standard InChI is InChI=1S/C18H24N2O2/c1-12-15(19)6-4-9-20(12)17(21)14-11-18(14)8-10-22-16-7-3-2-5-13(16)18/h2-3,5,7,12,14-15H,4,6,8-11,19H2,1H3/t12-,14+,15-,18+/m1/s1. The highest BCUT2D eigenvalue weighted by Gasteiger charge is 2.62. The number of hydrogen-bond acceptors (Lipinski definition) is 3. The molecule has 1 aromatic carbocycles. The van der Waals surface area contributed by atoms with Gasteiger partial charge in [-0.2, -0.15) is 0 Å². The summed E-state index contributed by atoms with van der Waals surface area (Å²) >= 11 is 0. The van der Waals surface area contributed by atoms with E-state index < -0.39 is 0 Å². The monoisotopic (exact) mass is 300 g/mol. The van der Waals surface area contributed by atoms with Crippen molar-refractivity contribution in [2.45, 2.75) is 50.1 Å². The first kappa shape index (κ1) is 14.1. The third-order valence-electron chi connectivity index (χ3n) is 5.93. The molecule has 118 valence electrons. The van der Waals surface area contributed by atoms with Crippen molar-refractivity contribution in [2.75, 3.05) is 13.2 Å². The van der Waals surface area contributed by atoms with E-state index in [1.54, 1.807) is 0 Å². The molecule has 1 saturated heterocycles. The van der Waals surface area contributed by atoms with Crippen LogP contribution in [0.15, 0.2) is 24.3 Å². The molecule has 2 fully saturated rings. The number of amides is 1. The Morgan fingerprint density at radius 1 is 1.41 bits per heavy atom. The molecule has 1 spiro atoms. The normalized spacial score (nSPS) is 36.6. The van der Waals surface area contributed by atoms with Gasteiger partial charge in [0.05, 0.1) is 6.61 Å². The van der Waals surface area contributed by atoms with E-state index in [0.29, 0.717) is 5.91 Å². The molecule has 4 heteroatoms. The molecule has 4 atom stereocenters. The first-order chi connectivity index (χ1) is 10.6. The number of nitrogens with two attached hydrogens (primary N) is 1. The van der Waals surface area contributed by atoms with Crippen LogP contribution in [0.25, 0.3) is 0 Å². The molecule has 2 aliphatic heterocycles. The Balaban J connectivity index is 1.58. The molecule has 1 aliphatic carbocycles. The molecule has 1 amide bonds. The van der Waals surface area contributed by atoms with Gasteiger partial charge in [-0.1, -0.05) is 18.2 Å². The highest BCUT2D eigenvalue weighted by Crippen LogP contribution is 2.61. The lowest BCUT2D eigenvalue weighted by atomic mass is 9.87. The Kier molecular flexibility index (Phi) is 3.19. The van der Waals surface area contributed by atoms with E-state index in [2.05, 4.69) is 19.1 Å². The Bertz CT molecular complexity index is 603. The van der Waals surface area contributed by atoms with Crippen LogP contribution in [-0.2, 0) is 10.2 Å². The van der Waals surface area contributed by atoms with Crippen molar-refractivity contribution in [1.82, 2.24) is 4.90 Å². The third kappa shape index (κ3) is 1.97. The van der Waals surface area contributed by atoms with E-state index in [-0.39, 0.29) is 23.4 Å². The topological polar surface area (TPSA) is 55.6 Å². The van der Waals surface area contributed by atoms with Crippen molar-refractivity contribution in [1.29, 1.82) is 0 Å². The molecule has 2 N–H and O–H groups in total. The molecule has 4 nitrogen and oxygen atoms in total. The quantitative estimate of drug-likeness (QED) is 0.864. The largest absolute Gasteiger partial charge is 0.493 e. The maximum atomic E-state index is 13.0. The zero-order valence-electron chi connectivity index (χ0n) is 13.1. The van der Waals surface area contributed by atoms with Crippen molar-refractivity contribution in [3.8, 4) is 5.75 Å². The van der Waals surface area contributed by atoms with Crippen molar-refractivity contribution in [2.24, 2.45) is 11.7 Å². The van der Waals surface area contributed by atoms with Gasteiger partial charge in [0, 0.05) is 35.5 Å². The Labute approximate surface area is 131 Å². The molecular formula is C18H24N2O2. The first-order valence-corrected chi connectivity index (χ1v) is 8.42. The van der Waals surface area contributed by atoms with E-state index in [4.69, 9.17) is 10.5 Å². The summed E-state index contributed by atoms with van der Waals surface area (Å²) in [5, 5.41) is 0. The van der Waals surface area contributed by atoms with Crippen molar-refractivity contribution < 1.29 is 9.53 Å². The highest BCUT2D eigenvalue weighted by atomic mass is 16.5. The third-order valence-corrected chi connectivity index (χ3v) is 5.93. The van der Waals surface area contributed by atoms with Gasteiger partial charge in [-0.15, -0.1) is 0 Å². The molecule has 0 unspecified atom stereocenters. The zero-order valence-corrected chi connectivity index (χ0v) is 13.1. The number of carbonyl (C=O) groups excluding carboxylic acids is 1. The lowest BCUT2D eigenvalue weighted by Gasteiger charge is -2.38. The number of rotatable bonds is 1. The van der Waals surface area contributed by atoms with E-state index in [1.165, 1.54) is 5.56 Å². The molecule has 4 rings (SSSR count). The summed E-state index contributed by atoms with van der Waals surface area (Å²) in [6, 6.07) is 8.49. The maximum Gasteiger partial charge on any atom is 0.226 e. The van der Waals surface area contributed by atoms with Crippen LogP contribution >= 0.6 is 0 Å². The van der Waals surface area contributed by atoms with Gasteiger partial charge in [0.15, 0.2) is 0 Å². The molecule has 2 heterocycles. The van der Waals surface area contributed by atoms with E-state index in [9.17, 15) is 4.79 Å². The number of nitrogens with zero attached hydrogens (tertiary/aromatic N) is 1. The van der Waals surface area contributed by atoms with Crippen molar-refractivity contribution >= 4 is 5.91 Å². The molecule has 0 bridgehead atoms. The first-order valence-electron chi connectivity index (χ1n) is 8.42. The number of ether oxygens (including phenoxy) is 1. The Morgan fingerprint density at radius 2 is 2.23 bits per heavy atom. The summed E-state index contributed by atoms with van der Waals surface area (Å²) in [6.45, 7) is 3.67. The second kappa shape index (κ2) is 4.98. The van der Waals surface area contributed by atoms with Crippen LogP contribution in [-0.4, -0.2) is 36.0 Å². The predicted molar refractivity (Wildman–Crippen MR) is 84.7 cm³/mol.